The van der Waals surface area contributed by atoms with Crippen molar-refractivity contribution in [2.75, 3.05) is 11.9 Å². The molecule has 0 saturated heterocycles. The minimum absolute atomic E-state index is 0.0535. The van der Waals surface area contributed by atoms with Gasteiger partial charge in [0.25, 0.3) is 5.91 Å². The van der Waals surface area contributed by atoms with Crippen LogP contribution in [-0.4, -0.2) is 26.5 Å². The number of carbonyl (C=O) groups is 1. The van der Waals surface area contributed by atoms with Gasteiger partial charge in [-0.05, 0) is 68.1 Å². The molecule has 0 bridgehead atoms. The second-order valence-corrected chi connectivity index (χ2v) is 10.7. The van der Waals surface area contributed by atoms with Crippen LogP contribution in [0.3, 0.4) is 0 Å². The van der Waals surface area contributed by atoms with Gasteiger partial charge < -0.3 is 10.1 Å². The van der Waals surface area contributed by atoms with Crippen molar-refractivity contribution in [1.82, 2.24) is 4.72 Å². The molecule has 2 rings (SSSR count). The molecule has 29 heavy (non-hydrogen) atoms. The van der Waals surface area contributed by atoms with Gasteiger partial charge in [-0.25, -0.2) is 13.1 Å². The van der Waals surface area contributed by atoms with Crippen molar-refractivity contribution in [2.45, 2.75) is 57.4 Å². The summed E-state index contributed by atoms with van der Waals surface area (Å²) in [7, 11) is -3.61. The topological polar surface area (TPSA) is 84.5 Å². The Hall–Kier alpha value is -2.38. The number of nitrogens with one attached hydrogen (secondary N) is 2. The smallest absolute Gasteiger partial charge is 0.262 e. The van der Waals surface area contributed by atoms with Gasteiger partial charge in [0.1, 0.15) is 5.75 Å². The Bertz CT molecular complexity index is 936. The minimum atomic E-state index is -3.61. The first-order valence-electron chi connectivity index (χ1n) is 9.43. The lowest BCUT2D eigenvalue weighted by Gasteiger charge is -2.20. The van der Waals surface area contributed by atoms with Crippen LogP contribution in [0.15, 0.2) is 53.4 Å². The molecule has 0 unspecified atom stereocenters. The number of rotatable bonds is 6. The van der Waals surface area contributed by atoms with E-state index in [1.54, 1.807) is 32.9 Å². The highest BCUT2D eigenvalue weighted by molar-refractivity contribution is 7.89. The van der Waals surface area contributed by atoms with E-state index in [-0.39, 0.29) is 22.8 Å². The first kappa shape index (κ1) is 22.9. The van der Waals surface area contributed by atoms with Gasteiger partial charge >= 0.3 is 0 Å². The number of carbonyl (C=O) groups excluding carboxylic acids is 1. The molecule has 0 heterocycles. The first-order valence-corrected chi connectivity index (χ1v) is 10.9. The number of ether oxygens (including phenoxy) is 1. The van der Waals surface area contributed by atoms with E-state index in [4.69, 9.17) is 4.74 Å². The zero-order valence-corrected chi connectivity index (χ0v) is 18.7. The van der Waals surface area contributed by atoms with Crippen LogP contribution in [0.25, 0.3) is 0 Å². The molecular formula is C22H30N2O4S. The summed E-state index contributed by atoms with van der Waals surface area (Å²) in [6.45, 7) is 11.6. The molecular weight excluding hydrogens is 388 g/mol. The third-order valence-corrected chi connectivity index (χ3v) is 5.75. The fraction of sp³-hybridized carbons (Fsp3) is 0.409. The van der Waals surface area contributed by atoms with Crippen LogP contribution in [0, 0.1) is 0 Å². The van der Waals surface area contributed by atoms with Crippen molar-refractivity contribution in [1.29, 1.82) is 0 Å². The van der Waals surface area contributed by atoms with Gasteiger partial charge in [0.05, 0.1) is 4.90 Å². The Morgan fingerprint density at radius 1 is 0.897 bits per heavy atom. The van der Waals surface area contributed by atoms with Gasteiger partial charge in [-0.15, -0.1) is 0 Å². The zero-order chi connectivity index (χ0) is 21.9. The highest BCUT2D eigenvalue weighted by atomic mass is 32.2. The highest BCUT2D eigenvalue weighted by Crippen LogP contribution is 2.24. The zero-order valence-electron chi connectivity index (χ0n) is 17.9. The molecule has 0 aliphatic carbocycles. The SMILES string of the molecule is CC(C)(C)NS(=O)(=O)c1ccc(NC(=O)COc2ccc(C(C)(C)C)cc2)cc1. The van der Waals surface area contributed by atoms with Gasteiger partial charge in [0.2, 0.25) is 10.0 Å². The normalized spacial score (nSPS) is 12.5. The lowest BCUT2D eigenvalue weighted by atomic mass is 9.87. The molecule has 0 fully saturated rings. The maximum atomic E-state index is 12.3. The number of hydrogen-bond acceptors (Lipinski definition) is 4. The van der Waals surface area contributed by atoms with Gasteiger partial charge in [-0.2, -0.15) is 0 Å². The van der Waals surface area contributed by atoms with Crippen LogP contribution in [0.5, 0.6) is 5.75 Å². The van der Waals surface area contributed by atoms with Gasteiger partial charge in [-0.1, -0.05) is 32.9 Å². The van der Waals surface area contributed by atoms with Crippen LogP contribution < -0.4 is 14.8 Å². The molecule has 7 heteroatoms. The number of amides is 1. The summed E-state index contributed by atoms with van der Waals surface area (Å²) in [4.78, 5) is 12.3. The summed E-state index contributed by atoms with van der Waals surface area (Å²) < 4.78 is 32.7. The molecule has 158 valence electrons. The Morgan fingerprint density at radius 2 is 1.45 bits per heavy atom. The summed E-state index contributed by atoms with van der Waals surface area (Å²) >= 11 is 0. The van der Waals surface area contributed by atoms with E-state index in [1.165, 1.54) is 17.7 Å². The lowest BCUT2D eigenvalue weighted by molar-refractivity contribution is -0.118. The second kappa shape index (κ2) is 8.55. The number of benzene rings is 2. The lowest BCUT2D eigenvalue weighted by Crippen LogP contribution is -2.40. The average Bonchev–Trinajstić information content (AvgIpc) is 2.58. The molecule has 0 spiro atoms. The maximum absolute atomic E-state index is 12.3. The Balaban J connectivity index is 1.93. The molecule has 2 aromatic carbocycles. The van der Waals surface area contributed by atoms with Gasteiger partial charge in [0.15, 0.2) is 6.61 Å². The number of hydrogen-bond donors (Lipinski definition) is 2. The van der Waals surface area contributed by atoms with E-state index in [0.717, 1.165) is 0 Å². The van der Waals surface area contributed by atoms with Crippen LogP contribution in [0.2, 0.25) is 0 Å². The summed E-state index contributed by atoms with van der Waals surface area (Å²) in [5, 5.41) is 2.70. The van der Waals surface area contributed by atoms with Crippen LogP contribution in [0.4, 0.5) is 5.69 Å². The summed E-state index contributed by atoms with van der Waals surface area (Å²) in [5.41, 5.74) is 1.16. The average molecular weight is 419 g/mol. The Morgan fingerprint density at radius 3 is 1.93 bits per heavy atom. The van der Waals surface area contributed by atoms with E-state index >= 15 is 0 Å². The van der Waals surface area contributed by atoms with Crippen molar-refractivity contribution < 1.29 is 17.9 Å². The summed E-state index contributed by atoms with van der Waals surface area (Å²) in [6.07, 6.45) is 0. The van der Waals surface area contributed by atoms with Crippen molar-refractivity contribution in [3.8, 4) is 5.75 Å². The Labute approximate surface area is 173 Å². The molecule has 0 radical (unpaired) electrons. The molecule has 1 amide bonds. The fourth-order valence-corrected chi connectivity index (χ4v) is 3.99. The first-order chi connectivity index (χ1) is 13.3. The standard InChI is InChI=1S/C22H30N2O4S/c1-21(2,3)16-7-11-18(12-8-16)28-15-20(25)23-17-9-13-19(14-10-17)29(26,27)24-22(4,5)6/h7-14,24H,15H2,1-6H3,(H,23,25). The van der Waals surface area contributed by atoms with Crippen molar-refractivity contribution >= 4 is 21.6 Å². The molecule has 6 nitrogen and oxygen atoms in total. The molecule has 2 N–H and O–H groups in total. The second-order valence-electron chi connectivity index (χ2n) is 8.99. The minimum Gasteiger partial charge on any atom is -0.484 e. The quantitative estimate of drug-likeness (QED) is 0.740. The van der Waals surface area contributed by atoms with E-state index in [2.05, 4.69) is 30.8 Å². The summed E-state index contributed by atoms with van der Waals surface area (Å²) in [6, 6.07) is 13.7. The summed E-state index contributed by atoms with van der Waals surface area (Å²) in [5.74, 6) is 0.288. The maximum Gasteiger partial charge on any atom is 0.262 e. The van der Waals surface area contributed by atoms with E-state index < -0.39 is 15.6 Å². The predicted molar refractivity (Wildman–Crippen MR) is 116 cm³/mol. The third-order valence-electron chi connectivity index (χ3n) is 3.98. The highest BCUT2D eigenvalue weighted by Gasteiger charge is 2.21. The number of anilines is 1. The van der Waals surface area contributed by atoms with E-state index in [1.807, 2.05) is 24.3 Å². The number of sulfonamides is 1. The van der Waals surface area contributed by atoms with Crippen LogP contribution in [-0.2, 0) is 20.2 Å². The van der Waals surface area contributed by atoms with Crippen molar-refractivity contribution in [3.63, 3.8) is 0 Å². The van der Waals surface area contributed by atoms with Gasteiger partial charge in [-0.3, -0.25) is 4.79 Å². The molecule has 0 aliphatic rings. The molecule has 2 aromatic rings. The monoisotopic (exact) mass is 418 g/mol. The molecule has 0 aliphatic heterocycles. The predicted octanol–water partition coefficient (Wildman–Crippen LogP) is 4.08. The largest absolute Gasteiger partial charge is 0.484 e. The van der Waals surface area contributed by atoms with E-state index in [0.29, 0.717) is 11.4 Å². The Kier molecular flexibility index (Phi) is 6.75. The van der Waals surface area contributed by atoms with E-state index in [9.17, 15) is 13.2 Å². The van der Waals surface area contributed by atoms with Crippen molar-refractivity contribution in [3.05, 3.63) is 54.1 Å². The molecule has 0 aromatic heterocycles. The fourth-order valence-electron chi connectivity index (χ4n) is 2.58. The molecule has 0 saturated carbocycles. The third kappa shape index (κ3) is 7.18. The van der Waals surface area contributed by atoms with Crippen molar-refractivity contribution in [2.24, 2.45) is 0 Å². The molecule has 0 atom stereocenters. The van der Waals surface area contributed by atoms with Crippen LogP contribution >= 0.6 is 0 Å². The van der Waals surface area contributed by atoms with Gasteiger partial charge in [0, 0.05) is 11.2 Å². The van der Waals surface area contributed by atoms with Crippen LogP contribution in [0.1, 0.15) is 47.1 Å².